The average molecular weight is 432 g/mol. The molecule has 1 aliphatic heterocycles. The van der Waals surface area contributed by atoms with Gasteiger partial charge in [-0.05, 0) is 44.2 Å². The van der Waals surface area contributed by atoms with Gasteiger partial charge in [0, 0.05) is 31.7 Å². The Hall–Kier alpha value is -2.93. The van der Waals surface area contributed by atoms with Crippen molar-refractivity contribution in [2.45, 2.75) is 19.9 Å². The van der Waals surface area contributed by atoms with Crippen molar-refractivity contribution in [2.75, 3.05) is 26.2 Å². The molecule has 1 N–H and O–H groups in total. The first-order chi connectivity index (χ1) is 14.3. The summed E-state index contributed by atoms with van der Waals surface area (Å²) in [5, 5.41) is 2.79. The van der Waals surface area contributed by atoms with Gasteiger partial charge in [0.2, 0.25) is 5.91 Å². The Balaban J connectivity index is 1.55. The summed E-state index contributed by atoms with van der Waals surface area (Å²) >= 11 is 5.98. The van der Waals surface area contributed by atoms with Crippen molar-refractivity contribution < 1.29 is 18.8 Å². The van der Waals surface area contributed by atoms with Gasteiger partial charge >= 0.3 is 0 Å². The molecule has 30 heavy (non-hydrogen) atoms. The third kappa shape index (κ3) is 4.97. The maximum absolute atomic E-state index is 13.2. The molecule has 2 aromatic rings. The van der Waals surface area contributed by atoms with E-state index in [1.807, 2.05) is 13.0 Å². The SMILES string of the molecule is Cc1cccc(C(=O)NC(C)C(=O)N2CCN(C(=O)c3ccc(F)cc3Cl)CC2)c1. The highest BCUT2D eigenvalue weighted by atomic mass is 35.5. The summed E-state index contributed by atoms with van der Waals surface area (Å²) in [4.78, 5) is 40.9. The predicted molar refractivity (Wildman–Crippen MR) is 112 cm³/mol. The smallest absolute Gasteiger partial charge is 0.255 e. The molecule has 0 saturated carbocycles. The number of carbonyl (C=O) groups is 3. The van der Waals surface area contributed by atoms with Crippen LogP contribution in [0.25, 0.3) is 0 Å². The molecule has 1 atom stereocenters. The molecule has 158 valence electrons. The van der Waals surface area contributed by atoms with Crippen LogP contribution in [0.1, 0.15) is 33.2 Å². The molecule has 1 heterocycles. The maximum Gasteiger partial charge on any atom is 0.255 e. The average Bonchev–Trinajstić information content (AvgIpc) is 2.73. The monoisotopic (exact) mass is 431 g/mol. The van der Waals surface area contributed by atoms with Gasteiger partial charge in [0.1, 0.15) is 11.9 Å². The molecule has 0 aromatic heterocycles. The number of hydrogen-bond donors (Lipinski definition) is 1. The number of piperazine rings is 1. The van der Waals surface area contributed by atoms with Gasteiger partial charge in [-0.1, -0.05) is 29.3 Å². The van der Waals surface area contributed by atoms with Gasteiger partial charge in [0.15, 0.2) is 0 Å². The van der Waals surface area contributed by atoms with E-state index in [0.717, 1.165) is 11.6 Å². The third-order valence-corrected chi connectivity index (χ3v) is 5.35. The lowest BCUT2D eigenvalue weighted by Crippen LogP contribution is -2.55. The molecule has 3 amide bonds. The van der Waals surface area contributed by atoms with Crippen LogP contribution in [0, 0.1) is 12.7 Å². The Kier molecular flexibility index (Phi) is 6.72. The fraction of sp³-hybridized carbons (Fsp3) is 0.318. The van der Waals surface area contributed by atoms with E-state index in [4.69, 9.17) is 11.6 Å². The van der Waals surface area contributed by atoms with E-state index in [1.54, 1.807) is 34.9 Å². The molecule has 1 aliphatic rings. The van der Waals surface area contributed by atoms with Crippen LogP contribution in [0.4, 0.5) is 4.39 Å². The van der Waals surface area contributed by atoms with Crippen molar-refractivity contribution in [1.82, 2.24) is 15.1 Å². The number of nitrogens with one attached hydrogen (secondary N) is 1. The second-order valence-electron chi connectivity index (χ2n) is 7.31. The molecule has 0 bridgehead atoms. The topological polar surface area (TPSA) is 69.7 Å². The highest BCUT2D eigenvalue weighted by Gasteiger charge is 2.29. The van der Waals surface area contributed by atoms with Crippen molar-refractivity contribution in [3.05, 3.63) is 70.0 Å². The van der Waals surface area contributed by atoms with Crippen LogP contribution in [0.2, 0.25) is 5.02 Å². The zero-order valence-corrected chi connectivity index (χ0v) is 17.6. The molecule has 0 radical (unpaired) electrons. The highest BCUT2D eigenvalue weighted by molar-refractivity contribution is 6.33. The highest BCUT2D eigenvalue weighted by Crippen LogP contribution is 2.20. The normalized spacial score (nSPS) is 14.9. The minimum atomic E-state index is -0.688. The molecule has 1 saturated heterocycles. The molecule has 3 rings (SSSR count). The van der Waals surface area contributed by atoms with Crippen LogP contribution in [-0.4, -0.2) is 59.7 Å². The fourth-order valence-electron chi connectivity index (χ4n) is 3.37. The second-order valence-corrected chi connectivity index (χ2v) is 7.71. The fourth-order valence-corrected chi connectivity index (χ4v) is 3.61. The van der Waals surface area contributed by atoms with Crippen molar-refractivity contribution in [2.24, 2.45) is 0 Å². The lowest BCUT2D eigenvalue weighted by Gasteiger charge is -2.36. The zero-order chi connectivity index (χ0) is 21.8. The standard InChI is InChI=1S/C22H23ClFN3O3/c1-14-4-3-5-16(12-14)20(28)25-15(2)21(29)26-8-10-27(11-9-26)22(30)18-7-6-17(24)13-19(18)23/h3-7,12-13,15H,8-11H2,1-2H3,(H,25,28). The van der Waals surface area contributed by atoms with Gasteiger partial charge in [0.05, 0.1) is 10.6 Å². The second kappa shape index (κ2) is 9.26. The van der Waals surface area contributed by atoms with E-state index in [0.29, 0.717) is 31.7 Å². The number of carbonyl (C=O) groups excluding carboxylic acids is 3. The summed E-state index contributed by atoms with van der Waals surface area (Å²) in [6.07, 6.45) is 0. The van der Waals surface area contributed by atoms with Crippen LogP contribution in [0.3, 0.4) is 0 Å². The predicted octanol–water partition coefficient (Wildman–Crippen LogP) is 2.89. The molecular weight excluding hydrogens is 409 g/mol. The lowest BCUT2D eigenvalue weighted by atomic mass is 10.1. The molecule has 0 spiro atoms. The summed E-state index contributed by atoms with van der Waals surface area (Å²) in [6.45, 7) is 4.88. The molecular formula is C22H23ClFN3O3. The Labute approximate surface area is 179 Å². The van der Waals surface area contributed by atoms with Gasteiger partial charge in [-0.25, -0.2) is 4.39 Å². The molecule has 0 aliphatic carbocycles. The van der Waals surface area contributed by atoms with Crippen molar-refractivity contribution in [3.8, 4) is 0 Å². The molecule has 2 aromatic carbocycles. The summed E-state index contributed by atoms with van der Waals surface area (Å²) in [5.41, 5.74) is 1.70. The Morgan fingerprint density at radius 3 is 2.33 bits per heavy atom. The van der Waals surface area contributed by atoms with Gasteiger partial charge in [-0.15, -0.1) is 0 Å². The summed E-state index contributed by atoms with van der Waals surface area (Å²) < 4.78 is 13.2. The van der Waals surface area contributed by atoms with Crippen molar-refractivity contribution >= 4 is 29.3 Å². The van der Waals surface area contributed by atoms with Gasteiger partial charge < -0.3 is 15.1 Å². The van der Waals surface area contributed by atoms with E-state index in [-0.39, 0.29) is 28.3 Å². The Morgan fingerprint density at radius 2 is 1.70 bits per heavy atom. The summed E-state index contributed by atoms with van der Waals surface area (Å²) in [6, 6.07) is 10.1. The third-order valence-electron chi connectivity index (χ3n) is 5.04. The lowest BCUT2D eigenvalue weighted by molar-refractivity contribution is -0.134. The van der Waals surface area contributed by atoms with Crippen LogP contribution in [-0.2, 0) is 4.79 Å². The first kappa shape index (κ1) is 21.8. The molecule has 8 heteroatoms. The number of benzene rings is 2. The number of amides is 3. The van der Waals surface area contributed by atoms with Crippen molar-refractivity contribution in [1.29, 1.82) is 0 Å². The van der Waals surface area contributed by atoms with Crippen LogP contribution in [0.5, 0.6) is 0 Å². The summed E-state index contributed by atoms with van der Waals surface area (Å²) in [5.74, 6) is -1.32. The van der Waals surface area contributed by atoms with E-state index in [1.165, 1.54) is 12.1 Å². The molecule has 6 nitrogen and oxygen atoms in total. The quantitative estimate of drug-likeness (QED) is 0.809. The Bertz CT molecular complexity index is 974. The molecule has 1 unspecified atom stereocenters. The largest absolute Gasteiger partial charge is 0.341 e. The van der Waals surface area contributed by atoms with Gasteiger partial charge in [-0.3, -0.25) is 14.4 Å². The van der Waals surface area contributed by atoms with Crippen LogP contribution in [0.15, 0.2) is 42.5 Å². The van der Waals surface area contributed by atoms with E-state index < -0.39 is 11.9 Å². The number of nitrogens with zero attached hydrogens (tertiary/aromatic N) is 2. The van der Waals surface area contributed by atoms with Gasteiger partial charge in [-0.2, -0.15) is 0 Å². The minimum absolute atomic E-state index is 0.0611. The molecule has 1 fully saturated rings. The Morgan fingerprint density at radius 1 is 1.03 bits per heavy atom. The first-order valence-electron chi connectivity index (χ1n) is 9.67. The zero-order valence-electron chi connectivity index (χ0n) is 16.8. The number of halogens is 2. The number of rotatable bonds is 4. The van der Waals surface area contributed by atoms with Crippen LogP contribution < -0.4 is 5.32 Å². The number of aryl methyl sites for hydroxylation is 1. The summed E-state index contributed by atoms with van der Waals surface area (Å²) in [7, 11) is 0. The number of hydrogen-bond acceptors (Lipinski definition) is 3. The van der Waals surface area contributed by atoms with Crippen LogP contribution >= 0.6 is 11.6 Å². The van der Waals surface area contributed by atoms with Crippen molar-refractivity contribution in [3.63, 3.8) is 0 Å². The van der Waals surface area contributed by atoms with E-state index >= 15 is 0 Å². The van der Waals surface area contributed by atoms with Gasteiger partial charge in [0.25, 0.3) is 11.8 Å². The maximum atomic E-state index is 13.2. The van der Waals surface area contributed by atoms with E-state index in [2.05, 4.69) is 5.32 Å². The van der Waals surface area contributed by atoms with E-state index in [9.17, 15) is 18.8 Å². The first-order valence-corrected chi connectivity index (χ1v) is 10.0. The minimum Gasteiger partial charge on any atom is -0.341 e.